The Bertz CT molecular complexity index is 907. The molecule has 0 amide bonds. The van der Waals surface area contributed by atoms with Crippen LogP contribution in [0.5, 0.6) is 0 Å². The Labute approximate surface area is 143 Å². The molecule has 0 unspecified atom stereocenters. The summed E-state index contributed by atoms with van der Waals surface area (Å²) in [6.45, 7) is 5.69. The van der Waals surface area contributed by atoms with Gasteiger partial charge in [0.1, 0.15) is 10.4 Å². The summed E-state index contributed by atoms with van der Waals surface area (Å²) in [5, 5.41) is 0.771. The second-order valence-electron chi connectivity index (χ2n) is 5.24. The molecule has 0 spiro atoms. The van der Waals surface area contributed by atoms with Gasteiger partial charge in [0.15, 0.2) is 0 Å². The van der Waals surface area contributed by atoms with E-state index in [4.69, 9.17) is 15.5 Å². The van der Waals surface area contributed by atoms with Crippen LogP contribution < -0.4 is 5.73 Å². The number of aryl methyl sites for hydroxylation is 2. The van der Waals surface area contributed by atoms with Crippen molar-refractivity contribution in [3.8, 4) is 10.4 Å². The maximum Gasteiger partial charge on any atom is 0.377 e. The van der Waals surface area contributed by atoms with E-state index < -0.39 is 5.97 Å². The quantitative estimate of drug-likeness (QED) is 0.574. The summed E-state index contributed by atoms with van der Waals surface area (Å²) in [5.74, 6) is -0.630. The largest absolute Gasteiger partial charge is 0.397 e. The van der Waals surface area contributed by atoms with Crippen LogP contribution in [0.3, 0.4) is 0 Å². The van der Waals surface area contributed by atoms with Crippen molar-refractivity contribution in [3.05, 3.63) is 41.3 Å². The zero-order chi connectivity index (χ0) is 17.3. The van der Waals surface area contributed by atoms with Gasteiger partial charge in [-0.05, 0) is 32.4 Å². The Hall–Kier alpha value is -2.51. The van der Waals surface area contributed by atoms with Crippen molar-refractivity contribution in [2.75, 3.05) is 12.3 Å². The topological polar surface area (TPSA) is 87.3 Å². The monoisotopic (exact) mass is 343 g/mol. The molecule has 24 heavy (non-hydrogen) atoms. The van der Waals surface area contributed by atoms with Gasteiger partial charge in [-0.2, -0.15) is 4.89 Å². The van der Waals surface area contributed by atoms with E-state index in [1.807, 2.05) is 19.1 Å². The predicted molar refractivity (Wildman–Crippen MR) is 93.8 cm³/mol. The molecule has 6 nitrogen and oxygen atoms in total. The molecule has 0 aliphatic rings. The number of carbonyl (C=O) groups excluding carboxylic acids is 1. The lowest BCUT2D eigenvalue weighted by Gasteiger charge is -2.09. The molecule has 3 heterocycles. The molecule has 0 aliphatic carbocycles. The van der Waals surface area contributed by atoms with Gasteiger partial charge in [-0.15, -0.1) is 11.3 Å². The van der Waals surface area contributed by atoms with Gasteiger partial charge in [0.2, 0.25) is 0 Å². The van der Waals surface area contributed by atoms with Gasteiger partial charge < -0.3 is 5.73 Å². The maximum atomic E-state index is 12.2. The summed E-state index contributed by atoms with van der Waals surface area (Å²) in [6.07, 6.45) is 3.52. The highest BCUT2D eigenvalue weighted by Crippen LogP contribution is 2.41. The number of aromatic nitrogens is 2. The number of carbonyl (C=O) groups is 1. The van der Waals surface area contributed by atoms with Crippen LogP contribution in [-0.2, 0) is 9.78 Å². The fourth-order valence-corrected chi connectivity index (χ4v) is 3.84. The van der Waals surface area contributed by atoms with Gasteiger partial charge in [-0.25, -0.2) is 9.78 Å². The summed E-state index contributed by atoms with van der Waals surface area (Å²) in [6, 6.07) is 3.87. The highest BCUT2D eigenvalue weighted by Gasteiger charge is 2.23. The van der Waals surface area contributed by atoms with E-state index in [0.717, 1.165) is 26.2 Å². The van der Waals surface area contributed by atoms with Crippen LogP contribution >= 0.6 is 11.3 Å². The van der Waals surface area contributed by atoms with Crippen molar-refractivity contribution in [2.45, 2.75) is 20.8 Å². The van der Waals surface area contributed by atoms with Crippen LogP contribution in [-0.4, -0.2) is 22.5 Å². The molecule has 0 aromatic carbocycles. The Morgan fingerprint density at radius 3 is 2.83 bits per heavy atom. The van der Waals surface area contributed by atoms with Gasteiger partial charge in [-0.1, -0.05) is 6.07 Å². The first-order valence-corrected chi connectivity index (χ1v) is 8.29. The van der Waals surface area contributed by atoms with Gasteiger partial charge in [0.25, 0.3) is 0 Å². The highest BCUT2D eigenvalue weighted by molar-refractivity contribution is 7.22. The molecule has 0 aliphatic heterocycles. The van der Waals surface area contributed by atoms with Gasteiger partial charge in [0.05, 0.1) is 18.0 Å². The second-order valence-corrected chi connectivity index (χ2v) is 6.24. The Balaban J connectivity index is 2.18. The number of thiophene rings is 1. The molecular weight excluding hydrogens is 326 g/mol. The van der Waals surface area contributed by atoms with E-state index in [1.54, 1.807) is 26.2 Å². The Morgan fingerprint density at radius 2 is 2.17 bits per heavy atom. The fourth-order valence-electron chi connectivity index (χ4n) is 2.61. The number of nitrogens with zero attached hydrogens (tertiary/aromatic N) is 2. The molecule has 124 valence electrons. The molecular formula is C17H17N3O3S. The lowest BCUT2D eigenvalue weighted by molar-refractivity contribution is -0.236. The van der Waals surface area contributed by atoms with Crippen molar-refractivity contribution in [1.29, 1.82) is 0 Å². The molecule has 7 heteroatoms. The number of fused-ring (bicyclic) bond motifs is 1. The summed E-state index contributed by atoms with van der Waals surface area (Å²) in [7, 11) is 0. The molecule has 2 N–H and O–H groups in total. The van der Waals surface area contributed by atoms with E-state index in [9.17, 15) is 4.79 Å². The van der Waals surface area contributed by atoms with Gasteiger partial charge in [0, 0.05) is 28.2 Å². The number of anilines is 1. The number of nitrogen functional groups attached to an aromatic ring is 1. The van der Waals surface area contributed by atoms with Crippen LogP contribution in [0.15, 0.2) is 24.5 Å². The summed E-state index contributed by atoms with van der Waals surface area (Å²) >= 11 is 1.53. The Kier molecular flexibility index (Phi) is 4.46. The normalized spacial score (nSPS) is 11.0. The molecule has 3 rings (SSSR count). The molecule has 3 aromatic rings. The van der Waals surface area contributed by atoms with E-state index in [0.29, 0.717) is 11.4 Å². The van der Waals surface area contributed by atoms with Crippen molar-refractivity contribution >= 4 is 33.2 Å². The SMILES string of the molecule is CCOOC(=O)c1c(C)nc2sc(-c3cccnc3)c(C)c2c1N. The first-order valence-electron chi connectivity index (χ1n) is 7.48. The van der Waals surface area contributed by atoms with E-state index in [2.05, 4.69) is 9.97 Å². The molecule has 0 bridgehead atoms. The molecule has 0 radical (unpaired) electrons. The summed E-state index contributed by atoms with van der Waals surface area (Å²) in [4.78, 5) is 32.2. The summed E-state index contributed by atoms with van der Waals surface area (Å²) < 4.78 is 0. The zero-order valence-corrected chi connectivity index (χ0v) is 14.4. The van der Waals surface area contributed by atoms with Crippen LogP contribution in [0, 0.1) is 13.8 Å². The van der Waals surface area contributed by atoms with Crippen LogP contribution in [0.25, 0.3) is 20.7 Å². The molecule has 0 atom stereocenters. The highest BCUT2D eigenvalue weighted by atomic mass is 32.1. The summed E-state index contributed by atoms with van der Waals surface area (Å²) in [5.41, 5.74) is 9.37. The Morgan fingerprint density at radius 1 is 1.38 bits per heavy atom. The minimum absolute atomic E-state index is 0.245. The number of nitrogens with two attached hydrogens (primary N) is 1. The minimum Gasteiger partial charge on any atom is -0.397 e. The van der Waals surface area contributed by atoms with Crippen molar-refractivity contribution in [3.63, 3.8) is 0 Å². The third-order valence-electron chi connectivity index (χ3n) is 3.68. The molecule has 0 saturated heterocycles. The number of rotatable bonds is 4. The van der Waals surface area contributed by atoms with Crippen LogP contribution in [0.4, 0.5) is 5.69 Å². The first kappa shape index (κ1) is 16.4. The number of hydrogen-bond acceptors (Lipinski definition) is 7. The zero-order valence-electron chi connectivity index (χ0n) is 13.6. The number of hydrogen-bond donors (Lipinski definition) is 1. The lowest BCUT2D eigenvalue weighted by atomic mass is 10.0. The van der Waals surface area contributed by atoms with E-state index >= 15 is 0 Å². The first-order chi connectivity index (χ1) is 11.5. The lowest BCUT2D eigenvalue weighted by Crippen LogP contribution is -2.12. The minimum atomic E-state index is -0.630. The standard InChI is InChI=1S/C17H17N3O3S/c1-4-22-23-17(21)13-10(3)20-16-12(14(13)18)9(2)15(24-16)11-6-5-7-19-8-11/h5-8H,4H2,1-3H3,(H2,18,20). The van der Waals surface area contributed by atoms with Crippen molar-refractivity contribution in [1.82, 2.24) is 9.97 Å². The average molecular weight is 343 g/mol. The number of pyridine rings is 2. The van der Waals surface area contributed by atoms with Gasteiger partial charge >= 0.3 is 5.97 Å². The predicted octanol–water partition coefficient (Wildman–Crippen LogP) is 3.67. The van der Waals surface area contributed by atoms with Gasteiger partial charge in [-0.3, -0.25) is 9.87 Å². The third kappa shape index (κ3) is 2.72. The molecule has 3 aromatic heterocycles. The van der Waals surface area contributed by atoms with Crippen LogP contribution in [0.2, 0.25) is 0 Å². The fraction of sp³-hybridized carbons (Fsp3) is 0.235. The van der Waals surface area contributed by atoms with Crippen LogP contribution in [0.1, 0.15) is 28.5 Å². The average Bonchev–Trinajstić information content (AvgIpc) is 2.90. The molecule has 0 fully saturated rings. The maximum absolute atomic E-state index is 12.2. The van der Waals surface area contributed by atoms with E-state index in [-0.39, 0.29) is 12.2 Å². The van der Waals surface area contributed by atoms with Crippen molar-refractivity contribution in [2.24, 2.45) is 0 Å². The van der Waals surface area contributed by atoms with Crippen molar-refractivity contribution < 1.29 is 14.6 Å². The van der Waals surface area contributed by atoms with E-state index in [1.165, 1.54) is 11.3 Å². The third-order valence-corrected chi connectivity index (χ3v) is 4.91. The smallest absolute Gasteiger partial charge is 0.377 e. The second kappa shape index (κ2) is 6.54. The molecule has 0 saturated carbocycles.